The van der Waals surface area contributed by atoms with Crippen LogP contribution < -0.4 is 5.32 Å². The second kappa shape index (κ2) is 48.8. The van der Waals surface area contributed by atoms with E-state index in [4.69, 9.17) is 0 Å². The van der Waals surface area contributed by atoms with Crippen molar-refractivity contribution in [2.75, 3.05) is 6.61 Å². The van der Waals surface area contributed by atoms with Gasteiger partial charge in [0.05, 0.1) is 31.3 Å². The van der Waals surface area contributed by atoms with Crippen LogP contribution in [0.5, 0.6) is 0 Å². The molecule has 0 aliphatic heterocycles. The zero-order valence-corrected chi connectivity index (χ0v) is 39.5. The predicted molar refractivity (Wildman–Crippen MR) is 255 cm³/mol. The highest BCUT2D eigenvalue weighted by molar-refractivity contribution is 5.76. The average Bonchev–Trinajstić information content (AvgIpc) is 3.22. The Hall–Kier alpha value is -0.910. The SMILES string of the molecule is CCCCCCCCCCCCCCCC/C=C\CCCCCCCCCCCCCCCCCC(O)CC(=O)NC(CO)C(O)CCCCCCCCCCCC. The second-order valence-corrected chi connectivity index (χ2v) is 18.5. The van der Waals surface area contributed by atoms with Crippen molar-refractivity contribution in [2.45, 2.75) is 315 Å². The molecule has 0 fully saturated rings. The Bertz CT molecular complexity index is 818. The Morgan fingerprint density at radius 2 is 0.690 bits per heavy atom. The van der Waals surface area contributed by atoms with Crippen molar-refractivity contribution in [3.8, 4) is 0 Å². The Morgan fingerprint density at radius 3 is 1.00 bits per heavy atom. The van der Waals surface area contributed by atoms with Crippen LogP contribution in [0, 0.1) is 0 Å². The van der Waals surface area contributed by atoms with Crippen LogP contribution in [0.4, 0.5) is 0 Å². The van der Waals surface area contributed by atoms with Crippen LogP contribution >= 0.6 is 0 Å². The van der Waals surface area contributed by atoms with E-state index in [1.54, 1.807) is 0 Å². The summed E-state index contributed by atoms with van der Waals surface area (Å²) in [4.78, 5) is 12.5. The van der Waals surface area contributed by atoms with E-state index in [-0.39, 0.29) is 18.9 Å². The number of rotatable bonds is 49. The maximum Gasteiger partial charge on any atom is 0.222 e. The topological polar surface area (TPSA) is 89.8 Å². The van der Waals surface area contributed by atoms with Crippen molar-refractivity contribution in [3.05, 3.63) is 12.2 Å². The number of carbonyl (C=O) groups excluding carboxylic acids is 1. The van der Waals surface area contributed by atoms with Gasteiger partial charge in [0, 0.05) is 0 Å². The van der Waals surface area contributed by atoms with Crippen LogP contribution in [-0.4, -0.2) is 46.1 Å². The highest BCUT2D eigenvalue weighted by Crippen LogP contribution is 2.17. The lowest BCUT2D eigenvalue weighted by atomic mass is 10.0. The molecular formula is C53H105NO4. The third kappa shape index (κ3) is 44.6. The molecule has 5 nitrogen and oxygen atoms in total. The van der Waals surface area contributed by atoms with Gasteiger partial charge < -0.3 is 20.6 Å². The van der Waals surface area contributed by atoms with Crippen molar-refractivity contribution in [3.63, 3.8) is 0 Å². The molecule has 0 bridgehead atoms. The summed E-state index contributed by atoms with van der Waals surface area (Å²) in [5.41, 5.74) is 0. The summed E-state index contributed by atoms with van der Waals surface area (Å²) in [5, 5.41) is 33.4. The molecule has 0 heterocycles. The number of allylic oxidation sites excluding steroid dienone is 2. The van der Waals surface area contributed by atoms with Gasteiger partial charge in [0.15, 0.2) is 0 Å². The van der Waals surface area contributed by atoms with Gasteiger partial charge in [-0.15, -0.1) is 0 Å². The smallest absolute Gasteiger partial charge is 0.222 e. The molecule has 0 saturated carbocycles. The molecule has 0 radical (unpaired) electrons. The Morgan fingerprint density at radius 1 is 0.414 bits per heavy atom. The lowest BCUT2D eigenvalue weighted by Crippen LogP contribution is -2.46. The average molecular weight is 820 g/mol. The van der Waals surface area contributed by atoms with Crippen LogP contribution in [-0.2, 0) is 4.79 Å². The second-order valence-electron chi connectivity index (χ2n) is 18.5. The van der Waals surface area contributed by atoms with Crippen molar-refractivity contribution in [1.82, 2.24) is 5.32 Å². The van der Waals surface area contributed by atoms with Crippen LogP contribution in [0.3, 0.4) is 0 Å². The van der Waals surface area contributed by atoms with Gasteiger partial charge in [0.1, 0.15) is 0 Å². The minimum absolute atomic E-state index is 0.0404. The fourth-order valence-electron chi connectivity index (χ4n) is 8.52. The number of hydrogen-bond acceptors (Lipinski definition) is 4. The molecule has 0 spiro atoms. The molecular weight excluding hydrogens is 715 g/mol. The first kappa shape index (κ1) is 57.1. The lowest BCUT2D eigenvalue weighted by molar-refractivity contribution is -0.125. The molecule has 0 aromatic carbocycles. The fraction of sp³-hybridized carbons (Fsp3) is 0.943. The van der Waals surface area contributed by atoms with Crippen molar-refractivity contribution in [1.29, 1.82) is 0 Å². The van der Waals surface area contributed by atoms with Gasteiger partial charge in [-0.1, -0.05) is 264 Å². The van der Waals surface area contributed by atoms with Crippen molar-refractivity contribution >= 4 is 5.91 Å². The summed E-state index contributed by atoms with van der Waals surface area (Å²) in [7, 11) is 0. The van der Waals surface area contributed by atoms with Crippen molar-refractivity contribution < 1.29 is 20.1 Å². The Labute approximate surface area is 363 Å². The van der Waals surface area contributed by atoms with Gasteiger partial charge in [-0.2, -0.15) is 0 Å². The molecule has 346 valence electrons. The van der Waals surface area contributed by atoms with Gasteiger partial charge in [-0.3, -0.25) is 4.79 Å². The van der Waals surface area contributed by atoms with Gasteiger partial charge >= 0.3 is 0 Å². The molecule has 3 unspecified atom stereocenters. The van der Waals surface area contributed by atoms with Crippen LogP contribution in [0.25, 0.3) is 0 Å². The number of carbonyl (C=O) groups is 1. The molecule has 0 aliphatic rings. The predicted octanol–water partition coefficient (Wildman–Crippen LogP) is 15.9. The van der Waals surface area contributed by atoms with E-state index < -0.39 is 18.2 Å². The number of aliphatic hydroxyl groups excluding tert-OH is 3. The monoisotopic (exact) mass is 820 g/mol. The quantitative estimate of drug-likeness (QED) is 0.0364. The molecule has 0 saturated heterocycles. The fourth-order valence-corrected chi connectivity index (χ4v) is 8.52. The van der Waals surface area contributed by atoms with Gasteiger partial charge in [-0.25, -0.2) is 0 Å². The summed E-state index contributed by atoms with van der Waals surface area (Å²) < 4.78 is 0. The van der Waals surface area contributed by atoms with Crippen molar-refractivity contribution in [2.24, 2.45) is 0 Å². The Balaban J connectivity index is 3.43. The van der Waals surface area contributed by atoms with E-state index in [0.29, 0.717) is 12.8 Å². The summed E-state index contributed by atoms with van der Waals surface area (Å²) in [6, 6.07) is -0.653. The molecule has 0 rings (SSSR count). The summed E-state index contributed by atoms with van der Waals surface area (Å²) in [6.45, 7) is 4.27. The van der Waals surface area contributed by atoms with Crippen LogP contribution in [0.2, 0.25) is 0 Å². The first-order valence-electron chi connectivity index (χ1n) is 26.5. The maximum absolute atomic E-state index is 12.5. The largest absolute Gasteiger partial charge is 0.394 e. The molecule has 5 heteroatoms. The molecule has 4 N–H and O–H groups in total. The van der Waals surface area contributed by atoms with Gasteiger partial charge in [-0.05, 0) is 38.5 Å². The van der Waals surface area contributed by atoms with Crippen LogP contribution in [0.1, 0.15) is 296 Å². The summed E-state index contributed by atoms with van der Waals surface area (Å²) >= 11 is 0. The molecule has 58 heavy (non-hydrogen) atoms. The van der Waals surface area contributed by atoms with E-state index in [0.717, 1.165) is 25.7 Å². The van der Waals surface area contributed by atoms with Gasteiger partial charge in [0.2, 0.25) is 5.91 Å². The number of unbranched alkanes of at least 4 members (excludes halogenated alkanes) is 38. The molecule has 3 atom stereocenters. The highest BCUT2D eigenvalue weighted by atomic mass is 16.3. The Kier molecular flexibility index (Phi) is 48.0. The lowest BCUT2D eigenvalue weighted by Gasteiger charge is -2.23. The first-order chi connectivity index (χ1) is 28.5. The van der Waals surface area contributed by atoms with E-state index in [1.807, 2.05) is 0 Å². The number of hydrogen-bond donors (Lipinski definition) is 4. The number of nitrogens with one attached hydrogen (secondary N) is 1. The van der Waals surface area contributed by atoms with Crippen LogP contribution in [0.15, 0.2) is 12.2 Å². The molecule has 1 amide bonds. The summed E-state index contributed by atoms with van der Waals surface area (Å²) in [6.07, 6.45) is 59.5. The van der Waals surface area contributed by atoms with Gasteiger partial charge in [0.25, 0.3) is 0 Å². The normalized spacial score (nSPS) is 13.4. The third-order valence-corrected chi connectivity index (χ3v) is 12.6. The molecule has 0 aromatic rings. The maximum atomic E-state index is 12.5. The highest BCUT2D eigenvalue weighted by Gasteiger charge is 2.21. The summed E-state index contributed by atoms with van der Waals surface area (Å²) in [5.74, 6) is -0.280. The van der Waals surface area contributed by atoms with E-state index in [2.05, 4.69) is 31.3 Å². The minimum atomic E-state index is -0.744. The van der Waals surface area contributed by atoms with E-state index in [9.17, 15) is 20.1 Å². The molecule has 0 aromatic heterocycles. The zero-order chi connectivity index (χ0) is 42.3. The standard InChI is InChI=1S/C53H105NO4/c1-3-5-7-9-11-13-15-16-17-18-19-20-21-22-23-24-25-26-27-28-29-30-31-32-33-34-35-36-37-38-40-42-44-46-50(56)48-53(58)54-51(49-55)52(57)47-45-43-41-39-14-12-10-8-6-4-2/h24-25,50-52,55-57H,3-23,26-49H2,1-2H3,(H,54,58)/b25-24-. The number of aliphatic hydroxyl groups is 3. The van der Waals surface area contributed by atoms with E-state index >= 15 is 0 Å². The zero-order valence-electron chi connectivity index (χ0n) is 39.5. The number of amides is 1. The first-order valence-corrected chi connectivity index (χ1v) is 26.5. The third-order valence-electron chi connectivity index (χ3n) is 12.6. The van der Waals surface area contributed by atoms with E-state index in [1.165, 1.54) is 238 Å². The molecule has 0 aliphatic carbocycles. The minimum Gasteiger partial charge on any atom is -0.394 e.